The van der Waals surface area contributed by atoms with Crippen molar-refractivity contribution < 1.29 is 14.3 Å². The van der Waals surface area contributed by atoms with Crippen LogP contribution in [0.1, 0.15) is 22.8 Å². The summed E-state index contributed by atoms with van der Waals surface area (Å²) in [6, 6.07) is 15.3. The summed E-state index contributed by atoms with van der Waals surface area (Å²) < 4.78 is 11.3. The molecule has 170 valence electrons. The summed E-state index contributed by atoms with van der Waals surface area (Å²) in [6.07, 6.45) is 0.705. The van der Waals surface area contributed by atoms with Crippen molar-refractivity contribution in [1.82, 2.24) is 15.5 Å². The molecule has 1 atom stereocenters. The number of amides is 1. The fourth-order valence-electron chi connectivity index (χ4n) is 2.88. The smallest absolute Gasteiger partial charge is 0.253 e. The third kappa shape index (κ3) is 8.64. The van der Waals surface area contributed by atoms with Gasteiger partial charge in [0.1, 0.15) is 6.10 Å². The fourth-order valence-corrected chi connectivity index (χ4v) is 2.88. The molecule has 2 rings (SSSR count). The Morgan fingerprint density at radius 3 is 2.45 bits per heavy atom. The first-order chi connectivity index (χ1) is 14.4. The van der Waals surface area contributed by atoms with Crippen LogP contribution in [-0.2, 0) is 6.42 Å². The molecule has 0 saturated carbocycles. The maximum atomic E-state index is 12.1. The van der Waals surface area contributed by atoms with Crippen LogP contribution in [0, 0.1) is 0 Å². The topological polar surface area (TPSA) is 75.2 Å². The van der Waals surface area contributed by atoms with E-state index in [9.17, 15) is 4.79 Å². The third-order valence-electron chi connectivity index (χ3n) is 4.46. The summed E-state index contributed by atoms with van der Waals surface area (Å²) in [6.45, 7) is 3.27. The number of nitrogens with one attached hydrogen (secondary N) is 2. The van der Waals surface area contributed by atoms with Crippen LogP contribution in [0.4, 0.5) is 0 Å². The van der Waals surface area contributed by atoms with Gasteiger partial charge in [-0.2, -0.15) is 0 Å². The van der Waals surface area contributed by atoms with Gasteiger partial charge in [0, 0.05) is 33.3 Å². The van der Waals surface area contributed by atoms with E-state index >= 15 is 0 Å². The van der Waals surface area contributed by atoms with Crippen molar-refractivity contribution in [2.24, 2.45) is 4.99 Å². The molecule has 0 spiro atoms. The Hall–Kier alpha value is -2.49. The van der Waals surface area contributed by atoms with E-state index < -0.39 is 0 Å². The summed E-state index contributed by atoms with van der Waals surface area (Å²) >= 11 is 0. The van der Waals surface area contributed by atoms with Crippen molar-refractivity contribution in [3.63, 3.8) is 0 Å². The van der Waals surface area contributed by atoms with Crippen LogP contribution in [0.3, 0.4) is 0 Å². The first-order valence-electron chi connectivity index (χ1n) is 9.99. The Kier molecular flexibility index (Phi) is 11.8. The van der Waals surface area contributed by atoms with Crippen LogP contribution in [-0.4, -0.2) is 64.2 Å². The lowest BCUT2D eigenvalue weighted by Crippen LogP contribution is -2.42. The molecule has 0 aromatic heterocycles. The van der Waals surface area contributed by atoms with Crippen molar-refractivity contribution >= 4 is 35.8 Å². The lowest BCUT2D eigenvalue weighted by molar-refractivity contribution is 0.0827. The summed E-state index contributed by atoms with van der Waals surface area (Å²) in [4.78, 5) is 17.9. The summed E-state index contributed by atoms with van der Waals surface area (Å²) in [5, 5.41) is 6.56. The number of methoxy groups -OCH3 is 1. The standard InChI is InChI=1S/C23H32N4O3.HI/c1-17(30-21-12-7-6-11-20(21)29-5)16-26-23(24-2)25-14-13-18-9-8-10-19(15-18)22(28)27(3)4;/h6-12,15,17H,13-14,16H2,1-5H3,(H2,24,25,26);1H. The van der Waals surface area contributed by atoms with E-state index in [4.69, 9.17) is 9.47 Å². The quantitative estimate of drug-likeness (QED) is 0.291. The van der Waals surface area contributed by atoms with Gasteiger partial charge in [0.15, 0.2) is 17.5 Å². The SMILES string of the molecule is CN=C(NCCc1cccc(C(=O)N(C)C)c1)NCC(C)Oc1ccccc1OC.I. The van der Waals surface area contributed by atoms with Gasteiger partial charge in [-0.3, -0.25) is 9.79 Å². The highest BCUT2D eigenvalue weighted by molar-refractivity contribution is 14.0. The van der Waals surface area contributed by atoms with Crippen molar-refractivity contribution in [2.75, 3.05) is 41.3 Å². The molecule has 1 amide bonds. The summed E-state index contributed by atoms with van der Waals surface area (Å²) in [5.41, 5.74) is 1.79. The summed E-state index contributed by atoms with van der Waals surface area (Å²) in [7, 11) is 6.87. The Morgan fingerprint density at radius 2 is 1.81 bits per heavy atom. The zero-order chi connectivity index (χ0) is 21.9. The van der Waals surface area contributed by atoms with Gasteiger partial charge in [-0.15, -0.1) is 24.0 Å². The van der Waals surface area contributed by atoms with Crippen LogP contribution in [0.5, 0.6) is 11.5 Å². The molecular weight excluding hydrogens is 507 g/mol. The highest BCUT2D eigenvalue weighted by Gasteiger charge is 2.10. The highest BCUT2D eigenvalue weighted by atomic mass is 127. The maximum absolute atomic E-state index is 12.1. The second-order valence-electron chi connectivity index (χ2n) is 7.11. The maximum Gasteiger partial charge on any atom is 0.253 e. The Morgan fingerprint density at radius 1 is 1.10 bits per heavy atom. The van der Waals surface area contributed by atoms with Crippen LogP contribution in [0.15, 0.2) is 53.5 Å². The van der Waals surface area contributed by atoms with E-state index in [1.165, 1.54) is 0 Å². The molecule has 2 N–H and O–H groups in total. The van der Waals surface area contributed by atoms with E-state index in [-0.39, 0.29) is 36.0 Å². The first-order valence-corrected chi connectivity index (χ1v) is 9.99. The second-order valence-corrected chi connectivity index (χ2v) is 7.11. The lowest BCUT2D eigenvalue weighted by Gasteiger charge is -2.19. The number of nitrogens with zero attached hydrogens (tertiary/aromatic N) is 2. The second kappa shape index (κ2) is 13.7. The van der Waals surface area contributed by atoms with Crippen molar-refractivity contribution in [3.8, 4) is 11.5 Å². The van der Waals surface area contributed by atoms with E-state index in [1.807, 2.05) is 55.5 Å². The zero-order valence-corrected chi connectivity index (χ0v) is 21.2. The molecule has 0 bridgehead atoms. The van der Waals surface area contributed by atoms with Gasteiger partial charge in [0.25, 0.3) is 5.91 Å². The van der Waals surface area contributed by atoms with Gasteiger partial charge < -0.3 is 25.0 Å². The van der Waals surface area contributed by atoms with Crippen molar-refractivity contribution in [1.29, 1.82) is 0 Å². The molecule has 0 heterocycles. The zero-order valence-electron chi connectivity index (χ0n) is 18.8. The Bertz CT molecular complexity index is 858. The van der Waals surface area contributed by atoms with E-state index in [0.717, 1.165) is 12.0 Å². The van der Waals surface area contributed by atoms with Gasteiger partial charge in [0.05, 0.1) is 13.7 Å². The normalized spacial score (nSPS) is 11.7. The van der Waals surface area contributed by atoms with E-state index in [2.05, 4.69) is 15.6 Å². The number of carbonyl (C=O) groups excluding carboxylic acids is 1. The van der Waals surface area contributed by atoms with Gasteiger partial charge in [0.2, 0.25) is 0 Å². The van der Waals surface area contributed by atoms with Crippen LogP contribution in [0.25, 0.3) is 0 Å². The predicted molar refractivity (Wildman–Crippen MR) is 136 cm³/mol. The molecule has 2 aromatic rings. The molecule has 0 aliphatic rings. The number of aliphatic imine (C=N–C) groups is 1. The van der Waals surface area contributed by atoms with Gasteiger partial charge in [-0.25, -0.2) is 0 Å². The monoisotopic (exact) mass is 540 g/mol. The van der Waals surface area contributed by atoms with Gasteiger partial charge in [-0.1, -0.05) is 24.3 Å². The van der Waals surface area contributed by atoms with E-state index in [1.54, 1.807) is 33.2 Å². The molecule has 0 aliphatic heterocycles. The van der Waals surface area contributed by atoms with Crippen LogP contribution in [0.2, 0.25) is 0 Å². The van der Waals surface area contributed by atoms with Crippen LogP contribution < -0.4 is 20.1 Å². The first kappa shape index (κ1) is 26.5. The predicted octanol–water partition coefficient (Wildman–Crippen LogP) is 3.19. The number of rotatable bonds is 9. The molecule has 2 aromatic carbocycles. The largest absolute Gasteiger partial charge is 0.493 e. The van der Waals surface area contributed by atoms with Crippen LogP contribution >= 0.6 is 24.0 Å². The molecule has 1 unspecified atom stereocenters. The summed E-state index contributed by atoms with van der Waals surface area (Å²) in [5.74, 6) is 2.13. The molecular formula is C23H33IN4O3. The average Bonchev–Trinajstić information content (AvgIpc) is 2.76. The molecule has 0 saturated heterocycles. The number of carbonyl (C=O) groups is 1. The van der Waals surface area contributed by atoms with E-state index in [0.29, 0.717) is 36.1 Å². The number of halogens is 1. The molecule has 0 fully saturated rings. The lowest BCUT2D eigenvalue weighted by atomic mass is 10.1. The molecule has 0 aliphatic carbocycles. The average molecular weight is 540 g/mol. The third-order valence-corrected chi connectivity index (χ3v) is 4.46. The number of hydrogen-bond acceptors (Lipinski definition) is 4. The number of benzene rings is 2. The van der Waals surface area contributed by atoms with Crippen molar-refractivity contribution in [2.45, 2.75) is 19.4 Å². The Labute approximate surface area is 202 Å². The number of hydrogen-bond donors (Lipinski definition) is 2. The molecule has 7 nitrogen and oxygen atoms in total. The number of ether oxygens (including phenoxy) is 2. The highest BCUT2D eigenvalue weighted by Crippen LogP contribution is 2.26. The number of para-hydroxylation sites is 2. The van der Waals surface area contributed by atoms with Gasteiger partial charge >= 0.3 is 0 Å². The minimum atomic E-state index is -0.0754. The minimum absolute atomic E-state index is 0. The minimum Gasteiger partial charge on any atom is -0.493 e. The Balaban J connectivity index is 0.00000480. The molecule has 8 heteroatoms. The number of guanidine groups is 1. The fraction of sp³-hybridized carbons (Fsp3) is 0.391. The molecule has 0 radical (unpaired) electrons. The van der Waals surface area contributed by atoms with Crippen molar-refractivity contribution in [3.05, 3.63) is 59.7 Å². The van der Waals surface area contributed by atoms with Gasteiger partial charge in [-0.05, 0) is 43.2 Å². The molecule has 31 heavy (non-hydrogen) atoms.